The number of aromatic nitrogens is 1. The summed E-state index contributed by atoms with van der Waals surface area (Å²) in [5, 5.41) is 5.54. The highest BCUT2D eigenvalue weighted by molar-refractivity contribution is 5.99. The van der Waals surface area contributed by atoms with Gasteiger partial charge in [-0.2, -0.15) is 0 Å². The Labute approximate surface area is 188 Å². The number of pyridine rings is 1. The maximum atomic E-state index is 13.1. The van der Waals surface area contributed by atoms with E-state index in [9.17, 15) is 14.4 Å². The Balaban J connectivity index is 1.69. The summed E-state index contributed by atoms with van der Waals surface area (Å²) in [4.78, 5) is 38.3. The number of rotatable bonds is 7. The molecule has 1 aromatic carbocycles. The maximum absolute atomic E-state index is 13.1. The number of carbonyl (C=O) groups is 2. The van der Waals surface area contributed by atoms with Gasteiger partial charge in [-0.3, -0.25) is 14.4 Å². The van der Waals surface area contributed by atoms with Gasteiger partial charge in [0.05, 0.1) is 12.1 Å². The molecule has 0 radical (unpaired) electrons. The molecule has 2 aliphatic rings. The molecule has 2 amide bonds. The Bertz CT molecular complexity index is 1130. The van der Waals surface area contributed by atoms with E-state index in [4.69, 9.17) is 0 Å². The second-order valence-electron chi connectivity index (χ2n) is 8.86. The van der Waals surface area contributed by atoms with Gasteiger partial charge in [-0.25, -0.2) is 0 Å². The van der Waals surface area contributed by atoms with Crippen LogP contribution in [-0.2, 0) is 13.0 Å². The second kappa shape index (κ2) is 9.15. The predicted octanol–water partition coefficient (Wildman–Crippen LogP) is 3.38. The number of hydrogen-bond acceptors (Lipinski definition) is 3. The number of nitrogens with zero attached hydrogens (tertiary/aromatic N) is 1. The Hall–Kier alpha value is -3.15. The predicted molar refractivity (Wildman–Crippen MR) is 126 cm³/mol. The summed E-state index contributed by atoms with van der Waals surface area (Å²) in [6.07, 6.45) is 10.0. The number of carbonyl (C=O) groups excluding carboxylic acids is 2. The van der Waals surface area contributed by atoms with Gasteiger partial charge in [0, 0.05) is 19.3 Å². The molecule has 2 aromatic rings. The molecule has 1 fully saturated rings. The minimum atomic E-state index is -0.489. The fourth-order valence-corrected chi connectivity index (χ4v) is 4.54. The van der Waals surface area contributed by atoms with Crippen LogP contribution in [0.15, 0.2) is 41.3 Å². The van der Waals surface area contributed by atoms with Gasteiger partial charge in [0.15, 0.2) is 0 Å². The Morgan fingerprint density at radius 1 is 1.16 bits per heavy atom. The van der Waals surface area contributed by atoms with Crippen molar-refractivity contribution in [1.82, 2.24) is 15.2 Å². The van der Waals surface area contributed by atoms with E-state index in [1.54, 1.807) is 6.20 Å². The van der Waals surface area contributed by atoms with E-state index in [0.29, 0.717) is 23.9 Å². The molecule has 1 saturated carbocycles. The molecule has 32 heavy (non-hydrogen) atoms. The summed E-state index contributed by atoms with van der Waals surface area (Å²) in [5.41, 5.74) is 3.31. The summed E-state index contributed by atoms with van der Waals surface area (Å²) in [7, 11) is 1.48. The quantitative estimate of drug-likeness (QED) is 0.703. The zero-order valence-electron chi connectivity index (χ0n) is 19.0. The molecule has 2 N–H and O–H groups in total. The number of amides is 2. The smallest absolute Gasteiger partial charge is 0.263 e. The van der Waals surface area contributed by atoms with Gasteiger partial charge in [0.1, 0.15) is 5.56 Å². The number of hydrogen-bond donors (Lipinski definition) is 2. The number of allylic oxidation sites excluding steroid dienone is 1. The molecule has 1 aromatic heterocycles. The third-order valence-electron chi connectivity index (χ3n) is 6.75. The molecule has 0 bridgehead atoms. The van der Waals surface area contributed by atoms with Crippen molar-refractivity contribution in [1.29, 1.82) is 0 Å². The van der Waals surface area contributed by atoms with E-state index >= 15 is 0 Å². The van der Waals surface area contributed by atoms with Gasteiger partial charge in [0.25, 0.3) is 17.4 Å². The molecule has 1 heterocycles. The van der Waals surface area contributed by atoms with Crippen molar-refractivity contribution in [3.8, 4) is 0 Å². The normalized spacial score (nSPS) is 21.0. The van der Waals surface area contributed by atoms with E-state index in [-0.39, 0.29) is 17.5 Å². The van der Waals surface area contributed by atoms with Crippen LogP contribution in [0, 0.1) is 11.8 Å². The van der Waals surface area contributed by atoms with Gasteiger partial charge in [0.2, 0.25) is 0 Å². The van der Waals surface area contributed by atoms with E-state index in [1.165, 1.54) is 23.2 Å². The van der Waals surface area contributed by atoms with Crippen molar-refractivity contribution in [3.63, 3.8) is 0 Å². The average molecular weight is 434 g/mol. The van der Waals surface area contributed by atoms with E-state index in [0.717, 1.165) is 36.8 Å². The fourth-order valence-electron chi connectivity index (χ4n) is 4.54. The van der Waals surface area contributed by atoms with Gasteiger partial charge in [-0.1, -0.05) is 50.6 Å². The van der Waals surface area contributed by atoms with Crippen LogP contribution in [-0.4, -0.2) is 29.5 Å². The van der Waals surface area contributed by atoms with Crippen LogP contribution in [0.2, 0.25) is 0 Å². The van der Waals surface area contributed by atoms with Gasteiger partial charge < -0.3 is 15.2 Å². The standard InChI is InChI=1S/C26H31N3O3/c1-4-16-9-10-21-18(11-16)7-6-8-19(21)14-29-15-20(12-22(26(29)32)25(31)27-3)24(30)28-23-13-17(23)5-2/h6-10,12,15-17,23H,4-5,11,13-14H2,1-3H3,(H,27,31)(H,28,30)/t16?,17?,23-/m1/s1. The molecule has 6 nitrogen and oxygen atoms in total. The molecule has 168 valence electrons. The third kappa shape index (κ3) is 4.40. The zero-order chi connectivity index (χ0) is 22.8. The van der Waals surface area contributed by atoms with Gasteiger partial charge in [-0.15, -0.1) is 0 Å². The van der Waals surface area contributed by atoms with Crippen LogP contribution >= 0.6 is 0 Å². The fraction of sp³-hybridized carbons (Fsp3) is 0.423. The Morgan fingerprint density at radius 3 is 2.66 bits per heavy atom. The first-order valence-corrected chi connectivity index (χ1v) is 11.5. The summed E-state index contributed by atoms with van der Waals surface area (Å²) < 4.78 is 1.49. The molecule has 2 aliphatic carbocycles. The largest absolute Gasteiger partial charge is 0.355 e. The number of fused-ring (bicyclic) bond motifs is 1. The summed E-state index contributed by atoms with van der Waals surface area (Å²) in [6, 6.07) is 7.73. The van der Waals surface area contributed by atoms with Crippen LogP contribution in [0.3, 0.4) is 0 Å². The maximum Gasteiger partial charge on any atom is 0.263 e. The van der Waals surface area contributed by atoms with Crippen LogP contribution < -0.4 is 16.2 Å². The van der Waals surface area contributed by atoms with Crippen molar-refractivity contribution in [2.75, 3.05) is 7.05 Å². The zero-order valence-corrected chi connectivity index (χ0v) is 19.0. The highest BCUT2D eigenvalue weighted by Crippen LogP contribution is 2.33. The molecule has 4 rings (SSSR count). The van der Waals surface area contributed by atoms with Crippen LogP contribution in [0.1, 0.15) is 70.5 Å². The first-order chi connectivity index (χ1) is 15.4. The topological polar surface area (TPSA) is 80.2 Å². The minimum absolute atomic E-state index is 0.0191. The average Bonchev–Trinajstić information content (AvgIpc) is 3.57. The van der Waals surface area contributed by atoms with E-state index in [1.807, 2.05) is 12.1 Å². The highest BCUT2D eigenvalue weighted by atomic mass is 16.2. The van der Waals surface area contributed by atoms with Gasteiger partial charge in [-0.05, 0) is 53.9 Å². The lowest BCUT2D eigenvalue weighted by molar-refractivity contribution is 0.0948. The summed E-state index contributed by atoms with van der Waals surface area (Å²) >= 11 is 0. The molecule has 0 aliphatic heterocycles. The van der Waals surface area contributed by atoms with Crippen molar-refractivity contribution in [3.05, 3.63) is 74.7 Å². The van der Waals surface area contributed by atoms with E-state index < -0.39 is 11.5 Å². The first-order valence-electron chi connectivity index (χ1n) is 11.5. The van der Waals surface area contributed by atoms with Gasteiger partial charge >= 0.3 is 0 Å². The van der Waals surface area contributed by atoms with Crippen molar-refractivity contribution >= 4 is 17.9 Å². The lowest BCUT2D eigenvalue weighted by Gasteiger charge is -2.21. The second-order valence-corrected chi connectivity index (χ2v) is 8.86. The van der Waals surface area contributed by atoms with Crippen molar-refractivity contribution in [2.24, 2.45) is 11.8 Å². The Morgan fingerprint density at radius 2 is 1.97 bits per heavy atom. The molecule has 3 atom stereocenters. The van der Waals surface area contributed by atoms with Crippen LogP contribution in [0.4, 0.5) is 0 Å². The monoisotopic (exact) mass is 433 g/mol. The number of nitrogens with one attached hydrogen (secondary N) is 2. The van der Waals surface area contributed by atoms with Crippen LogP contribution in [0.25, 0.3) is 6.08 Å². The van der Waals surface area contributed by atoms with Crippen molar-refractivity contribution in [2.45, 2.75) is 52.1 Å². The SMILES string of the molecule is CCC1C=Cc2c(cccc2Cn2cc(C(=O)N[C@@H]3CC3CC)cc(C(=O)NC)c2=O)C1. The third-order valence-corrected chi connectivity index (χ3v) is 6.75. The van der Waals surface area contributed by atoms with Crippen molar-refractivity contribution < 1.29 is 9.59 Å². The molecule has 0 spiro atoms. The molecule has 0 saturated heterocycles. The molecule has 2 unspecified atom stereocenters. The summed E-state index contributed by atoms with van der Waals surface area (Å²) in [5.74, 6) is 0.308. The number of benzene rings is 1. The summed E-state index contributed by atoms with van der Waals surface area (Å²) in [6.45, 7) is 4.60. The molecular weight excluding hydrogens is 402 g/mol. The minimum Gasteiger partial charge on any atom is -0.355 e. The molecular formula is C26H31N3O3. The Kier molecular flexibility index (Phi) is 6.31. The van der Waals surface area contributed by atoms with Crippen LogP contribution in [0.5, 0.6) is 0 Å². The lowest BCUT2D eigenvalue weighted by Crippen LogP contribution is -2.34. The highest BCUT2D eigenvalue weighted by Gasteiger charge is 2.36. The lowest BCUT2D eigenvalue weighted by atomic mass is 9.86. The molecule has 6 heteroatoms. The first kappa shape index (κ1) is 22.1. The van der Waals surface area contributed by atoms with E-state index in [2.05, 4.69) is 42.7 Å².